The van der Waals surface area contributed by atoms with E-state index in [1.165, 1.54) is 186 Å². The molecule has 0 rings (SSSR count). The maximum atomic E-state index is 13.3. The predicted octanol–water partition coefficient (Wildman–Crippen LogP) is 17.3. The Morgan fingerprint density at radius 1 is 0.407 bits per heavy atom. The van der Waals surface area contributed by atoms with Crippen molar-refractivity contribution < 1.29 is 24.2 Å². The van der Waals surface area contributed by atoms with Crippen molar-refractivity contribution in [2.45, 2.75) is 322 Å². The van der Waals surface area contributed by atoms with Crippen LogP contribution in [-0.2, 0) is 19.1 Å². The normalized spacial score (nSPS) is 13.1. The molecule has 350 valence electrons. The number of esters is 1. The van der Waals surface area contributed by atoms with Crippen molar-refractivity contribution >= 4 is 18.0 Å². The Morgan fingerprint density at radius 2 is 0.729 bits per heavy atom. The van der Waals surface area contributed by atoms with E-state index < -0.39 is 0 Å². The van der Waals surface area contributed by atoms with Gasteiger partial charge in [-0.2, -0.15) is 0 Å². The molecule has 0 bridgehead atoms. The fourth-order valence-corrected chi connectivity index (χ4v) is 8.87. The number of aliphatic hydroxyl groups is 1. The van der Waals surface area contributed by atoms with E-state index in [9.17, 15) is 19.5 Å². The van der Waals surface area contributed by atoms with E-state index >= 15 is 0 Å². The Bertz CT molecular complexity index is 873. The molecule has 0 saturated heterocycles. The molecule has 1 N–H and O–H groups in total. The summed E-state index contributed by atoms with van der Waals surface area (Å²) in [5.74, 6) is 0.842. The van der Waals surface area contributed by atoms with Crippen LogP contribution in [0.4, 0.5) is 0 Å². The molecular formula is C54H104O5. The standard InChI is InChI=1S/C54H104O5/c1-4-7-10-32-41-50(53(57)47-38-29-23-17-16-21-27-35-44-51(56)43-34-11-8-5-2)42-33-26-20-15-18-24-30-39-48-54(58)59-52(45-36-12-9-6-3)46-37-28-22-14-13-19-25-31-40-49-55/h49-52,56H,4-48H2,1-3H3. The molecule has 0 aliphatic carbocycles. The zero-order chi connectivity index (χ0) is 43.1. The summed E-state index contributed by atoms with van der Waals surface area (Å²) in [5.41, 5.74) is 0. The third-order valence-electron chi connectivity index (χ3n) is 12.9. The van der Waals surface area contributed by atoms with Crippen LogP contribution in [0.1, 0.15) is 310 Å². The van der Waals surface area contributed by atoms with Crippen molar-refractivity contribution in [3.05, 3.63) is 0 Å². The van der Waals surface area contributed by atoms with E-state index in [0.717, 1.165) is 96.2 Å². The van der Waals surface area contributed by atoms with Crippen LogP contribution in [0.2, 0.25) is 0 Å². The van der Waals surface area contributed by atoms with Crippen LogP contribution >= 0.6 is 0 Å². The molecule has 0 aliphatic heterocycles. The van der Waals surface area contributed by atoms with Crippen molar-refractivity contribution in [2.75, 3.05) is 0 Å². The van der Waals surface area contributed by atoms with Crippen molar-refractivity contribution in [1.82, 2.24) is 0 Å². The number of ketones is 1. The third-order valence-corrected chi connectivity index (χ3v) is 12.9. The molecule has 0 spiro atoms. The second-order valence-electron chi connectivity index (χ2n) is 18.8. The van der Waals surface area contributed by atoms with Crippen molar-refractivity contribution in [3.63, 3.8) is 0 Å². The molecule has 0 amide bonds. The Morgan fingerprint density at radius 3 is 1.14 bits per heavy atom. The summed E-state index contributed by atoms with van der Waals surface area (Å²) in [5, 5.41) is 10.2. The van der Waals surface area contributed by atoms with Gasteiger partial charge in [0.15, 0.2) is 0 Å². The maximum absolute atomic E-state index is 13.3. The molecule has 3 atom stereocenters. The van der Waals surface area contributed by atoms with Crippen molar-refractivity contribution in [3.8, 4) is 0 Å². The third kappa shape index (κ3) is 43.2. The SMILES string of the molecule is CCCCCCC(O)CCCCCCCCCCC(=O)C(CCCCCC)CCCCCCCCCCC(=O)OC(CCCCCC)CCCCCCCCCCC=O. The summed E-state index contributed by atoms with van der Waals surface area (Å²) >= 11 is 0. The summed E-state index contributed by atoms with van der Waals surface area (Å²) in [7, 11) is 0. The number of hydrogen-bond donors (Lipinski definition) is 1. The summed E-state index contributed by atoms with van der Waals surface area (Å²) in [6.07, 6.45) is 53.1. The lowest BCUT2D eigenvalue weighted by Gasteiger charge is -2.18. The molecule has 5 heteroatoms. The Hall–Kier alpha value is -1.23. The van der Waals surface area contributed by atoms with Crippen LogP contribution in [0, 0.1) is 5.92 Å². The number of carbonyl (C=O) groups is 3. The molecule has 0 aromatic rings. The number of carbonyl (C=O) groups excluding carboxylic acids is 3. The molecule has 0 heterocycles. The number of ether oxygens (including phenoxy) is 1. The highest BCUT2D eigenvalue weighted by Crippen LogP contribution is 2.24. The molecule has 0 aromatic heterocycles. The monoisotopic (exact) mass is 833 g/mol. The lowest BCUT2D eigenvalue weighted by molar-refractivity contribution is -0.150. The van der Waals surface area contributed by atoms with Gasteiger partial charge in [-0.1, -0.05) is 220 Å². The smallest absolute Gasteiger partial charge is 0.306 e. The van der Waals surface area contributed by atoms with E-state index in [2.05, 4.69) is 20.8 Å². The van der Waals surface area contributed by atoms with E-state index in [1.54, 1.807) is 0 Å². The first-order valence-electron chi connectivity index (χ1n) is 26.8. The van der Waals surface area contributed by atoms with Crippen LogP contribution in [-0.4, -0.2) is 35.4 Å². The number of rotatable bonds is 50. The number of Topliss-reactive ketones (excluding diaryl/α,β-unsaturated/α-hetero) is 1. The van der Waals surface area contributed by atoms with Gasteiger partial charge in [0.05, 0.1) is 6.10 Å². The van der Waals surface area contributed by atoms with Crippen LogP contribution in [0.25, 0.3) is 0 Å². The molecule has 0 radical (unpaired) electrons. The van der Waals surface area contributed by atoms with Gasteiger partial charge in [0.1, 0.15) is 18.2 Å². The quantitative estimate of drug-likeness (QED) is 0.0375. The van der Waals surface area contributed by atoms with E-state index in [4.69, 9.17) is 4.74 Å². The molecule has 3 unspecified atom stereocenters. The predicted molar refractivity (Wildman–Crippen MR) is 255 cm³/mol. The molecule has 0 aromatic carbocycles. The lowest BCUT2D eigenvalue weighted by atomic mass is 9.88. The number of aldehydes is 1. The van der Waals surface area contributed by atoms with E-state index in [0.29, 0.717) is 18.6 Å². The molecule has 0 fully saturated rings. The molecule has 5 nitrogen and oxygen atoms in total. The Labute approximate surface area is 368 Å². The summed E-state index contributed by atoms with van der Waals surface area (Å²) in [4.78, 5) is 36.5. The van der Waals surface area contributed by atoms with Crippen molar-refractivity contribution in [1.29, 1.82) is 0 Å². The van der Waals surface area contributed by atoms with Crippen LogP contribution in [0.3, 0.4) is 0 Å². The minimum atomic E-state index is -0.0890. The van der Waals surface area contributed by atoms with Gasteiger partial charge in [-0.15, -0.1) is 0 Å². The topological polar surface area (TPSA) is 80.7 Å². The fourth-order valence-electron chi connectivity index (χ4n) is 8.87. The maximum Gasteiger partial charge on any atom is 0.306 e. The van der Waals surface area contributed by atoms with Gasteiger partial charge in [0.2, 0.25) is 0 Å². The highest BCUT2D eigenvalue weighted by molar-refractivity contribution is 5.80. The highest BCUT2D eigenvalue weighted by Gasteiger charge is 2.18. The Kier molecular flexibility index (Phi) is 46.8. The van der Waals surface area contributed by atoms with E-state index in [1.807, 2.05) is 0 Å². The summed E-state index contributed by atoms with van der Waals surface area (Å²) in [6.45, 7) is 6.74. The van der Waals surface area contributed by atoms with Gasteiger partial charge in [-0.05, 0) is 70.6 Å². The van der Waals surface area contributed by atoms with E-state index in [-0.39, 0.29) is 24.1 Å². The first-order valence-corrected chi connectivity index (χ1v) is 26.8. The minimum Gasteiger partial charge on any atom is -0.462 e. The van der Waals surface area contributed by atoms with Gasteiger partial charge < -0.3 is 14.6 Å². The Balaban J connectivity index is 4.11. The van der Waals surface area contributed by atoms with Crippen molar-refractivity contribution in [2.24, 2.45) is 5.92 Å². The molecule has 0 saturated carbocycles. The van der Waals surface area contributed by atoms with Gasteiger partial charge in [-0.3, -0.25) is 9.59 Å². The summed E-state index contributed by atoms with van der Waals surface area (Å²) < 4.78 is 6.03. The minimum absolute atomic E-state index is 0.0158. The zero-order valence-electron chi connectivity index (χ0n) is 40.2. The first-order chi connectivity index (χ1) is 29.0. The average Bonchev–Trinajstić information content (AvgIpc) is 3.23. The lowest BCUT2D eigenvalue weighted by Crippen LogP contribution is -2.18. The molecule has 0 aliphatic rings. The number of aliphatic hydroxyl groups excluding tert-OH is 1. The van der Waals surface area contributed by atoms with Crippen LogP contribution < -0.4 is 0 Å². The van der Waals surface area contributed by atoms with Gasteiger partial charge in [0.25, 0.3) is 0 Å². The van der Waals surface area contributed by atoms with Crippen LogP contribution in [0.5, 0.6) is 0 Å². The van der Waals surface area contributed by atoms with Gasteiger partial charge in [0, 0.05) is 25.2 Å². The largest absolute Gasteiger partial charge is 0.462 e. The van der Waals surface area contributed by atoms with Gasteiger partial charge in [-0.25, -0.2) is 0 Å². The average molecular weight is 833 g/mol. The molecule has 59 heavy (non-hydrogen) atoms. The number of hydrogen-bond acceptors (Lipinski definition) is 5. The highest BCUT2D eigenvalue weighted by atomic mass is 16.5. The zero-order valence-corrected chi connectivity index (χ0v) is 40.2. The molecular weight excluding hydrogens is 729 g/mol. The van der Waals surface area contributed by atoms with Crippen LogP contribution in [0.15, 0.2) is 0 Å². The first kappa shape index (κ1) is 57.8. The summed E-state index contributed by atoms with van der Waals surface area (Å²) in [6, 6.07) is 0. The fraction of sp³-hybridized carbons (Fsp3) is 0.944. The second kappa shape index (κ2) is 47.8. The van der Waals surface area contributed by atoms with Gasteiger partial charge >= 0.3 is 5.97 Å². The second-order valence-corrected chi connectivity index (χ2v) is 18.8. The number of unbranched alkanes of at least 4 members (excludes halogenated alkanes) is 31.